The zero-order valence-electron chi connectivity index (χ0n) is 25.2. The summed E-state index contributed by atoms with van der Waals surface area (Å²) in [5.41, 5.74) is 6.88. The van der Waals surface area contributed by atoms with Crippen molar-refractivity contribution in [3.63, 3.8) is 0 Å². The molecular weight excluding hydrogens is 542 g/mol. The average Bonchev–Trinajstić information content (AvgIpc) is 2.90. The smallest absolute Gasteiger partial charge is 0.405 e. The molecule has 6 atom stereocenters. The summed E-state index contributed by atoms with van der Waals surface area (Å²) in [4.78, 5) is 53.5. The first-order valence-corrected chi connectivity index (χ1v) is 14.2. The molecule has 42 heavy (non-hydrogen) atoms. The molecule has 0 aromatic rings. The van der Waals surface area contributed by atoms with E-state index >= 15 is 0 Å². The molecule has 1 aliphatic carbocycles. The predicted octanol–water partition coefficient (Wildman–Crippen LogP) is 2.47. The highest BCUT2D eigenvalue weighted by Gasteiger charge is 2.36. The Morgan fingerprint density at radius 1 is 1.12 bits per heavy atom. The number of aliphatic hydroxyl groups is 1. The van der Waals surface area contributed by atoms with Crippen molar-refractivity contribution in [1.29, 1.82) is 0 Å². The maximum absolute atomic E-state index is 13.7. The first-order valence-electron chi connectivity index (χ1n) is 14.2. The highest BCUT2D eigenvalue weighted by atomic mass is 16.6. The van der Waals surface area contributed by atoms with Crippen molar-refractivity contribution in [3.8, 4) is 0 Å². The van der Waals surface area contributed by atoms with Crippen molar-refractivity contribution in [1.82, 2.24) is 10.2 Å². The predicted molar refractivity (Wildman–Crippen MR) is 156 cm³/mol. The SMILES string of the molecule is CO[C@H]1/C=C\C=C(/C)C(=O)NC2=CC(=O)C(N3CCC3)=C(C[C@@H](C)C[C@H](OC)[C@H](O)[C@@H](C)/C=C(\C)[C@@H]1OC(N)=O)C2=O. The molecule has 11 nitrogen and oxygen atoms in total. The van der Waals surface area contributed by atoms with Gasteiger partial charge in [-0.05, 0) is 44.6 Å². The van der Waals surface area contributed by atoms with Crippen LogP contribution in [-0.4, -0.2) is 85.3 Å². The number of nitrogens with one attached hydrogen (secondary N) is 1. The number of methoxy groups -OCH3 is 2. The molecule has 0 radical (unpaired) electrons. The third-order valence-electron chi connectivity index (χ3n) is 7.94. The van der Waals surface area contributed by atoms with Crippen LogP contribution in [0.3, 0.4) is 0 Å². The van der Waals surface area contributed by atoms with Crippen LogP contribution < -0.4 is 11.1 Å². The number of amides is 2. The highest BCUT2D eigenvalue weighted by Crippen LogP contribution is 2.32. The van der Waals surface area contributed by atoms with Crippen molar-refractivity contribution in [2.75, 3.05) is 27.3 Å². The van der Waals surface area contributed by atoms with Crippen LogP contribution in [-0.2, 0) is 28.6 Å². The van der Waals surface area contributed by atoms with Gasteiger partial charge in [0.25, 0.3) is 5.91 Å². The van der Waals surface area contributed by atoms with Gasteiger partial charge in [0.1, 0.15) is 6.10 Å². The van der Waals surface area contributed by atoms with Gasteiger partial charge in [-0.1, -0.05) is 38.2 Å². The molecule has 2 amide bonds. The molecule has 11 heteroatoms. The van der Waals surface area contributed by atoms with Gasteiger partial charge in [0.15, 0.2) is 6.10 Å². The van der Waals surface area contributed by atoms with Crippen LogP contribution in [0.1, 0.15) is 47.0 Å². The number of aliphatic hydroxyl groups excluding tert-OH is 1. The molecule has 4 N–H and O–H groups in total. The van der Waals surface area contributed by atoms with Crippen LogP contribution in [0, 0.1) is 11.8 Å². The number of rotatable bonds is 4. The second-order valence-electron chi connectivity index (χ2n) is 11.2. The Balaban J connectivity index is 2.07. The summed E-state index contributed by atoms with van der Waals surface area (Å²) in [7, 11) is 2.95. The molecule has 3 rings (SSSR count). The molecule has 230 valence electrons. The summed E-state index contributed by atoms with van der Waals surface area (Å²) in [6.45, 7) is 8.43. The molecular formula is C31H43N3O8. The van der Waals surface area contributed by atoms with Crippen LogP contribution in [0.15, 0.2) is 58.5 Å². The fraction of sp³-hybridized carbons (Fsp3) is 0.548. The van der Waals surface area contributed by atoms with Gasteiger partial charge in [-0.3, -0.25) is 14.4 Å². The normalized spacial score (nSPS) is 33.5. The van der Waals surface area contributed by atoms with Gasteiger partial charge in [0, 0.05) is 50.4 Å². The molecule has 0 unspecified atom stereocenters. The van der Waals surface area contributed by atoms with E-state index in [2.05, 4.69) is 5.32 Å². The Morgan fingerprint density at radius 2 is 1.81 bits per heavy atom. The van der Waals surface area contributed by atoms with E-state index in [9.17, 15) is 24.3 Å². The summed E-state index contributed by atoms with van der Waals surface area (Å²) in [5, 5.41) is 13.9. The van der Waals surface area contributed by atoms with E-state index in [0.29, 0.717) is 36.4 Å². The van der Waals surface area contributed by atoms with Crippen molar-refractivity contribution in [3.05, 3.63) is 58.5 Å². The zero-order valence-corrected chi connectivity index (χ0v) is 25.2. The number of fused-ring (bicyclic) bond motifs is 2. The van der Waals surface area contributed by atoms with E-state index in [1.807, 2.05) is 18.7 Å². The number of primary amides is 1. The van der Waals surface area contributed by atoms with Crippen LogP contribution in [0.4, 0.5) is 4.79 Å². The first kappa shape index (κ1) is 33.0. The Morgan fingerprint density at radius 3 is 2.38 bits per heavy atom. The lowest BCUT2D eigenvalue weighted by Crippen LogP contribution is -2.43. The first-order chi connectivity index (χ1) is 19.9. The van der Waals surface area contributed by atoms with Gasteiger partial charge in [-0.25, -0.2) is 4.79 Å². The third kappa shape index (κ3) is 7.84. The van der Waals surface area contributed by atoms with Crippen LogP contribution in [0.25, 0.3) is 0 Å². The number of ether oxygens (including phenoxy) is 3. The second kappa shape index (κ2) is 14.6. The molecule has 0 spiro atoms. The fourth-order valence-electron chi connectivity index (χ4n) is 5.46. The number of hydrogen-bond donors (Lipinski definition) is 3. The Bertz CT molecular complexity index is 1230. The minimum absolute atomic E-state index is 0.0763. The molecule has 2 heterocycles. The number of carbonyl (C=O) groups is 4. The molecule has 1 saturated heterocycles. The summed E-state index contributed by atoms with van der Waals surface area (Å²) in [6.07, 6.45) is 5.06. The average molecular weight is 586 g/mol. The minimum Gasteiger partial charge on any atom is -0.439 e. The number of ketones is 2. The summed E-state index contributed by atoms with van der Waals surface area (Å²) in [6, 6.07) is 0. The van der Waals surface area contributed by atoms with Gasteiger partial charge in [0.2, 0.25) is 11.6 Å². The Hall–Kier alpha value is -3.54. The van der Waals surface area contributed by atoms with Crippen LogP contribution >= 0.6 is 0 Å². The topological polar surface area (TPSA) is 157 Å². The van der Waals surface area contributed by atoms with Crippen molar-refractivity contribution < 1.29 is 38.5 Å². The van der Waals surface area contributed by atoms with Crippen LogP contribution in [0.5, 0.6) is 0 Å². The maximum atomic E-state index is 13.7. The van der Waals surface area contributed by atoms with Crippen molar-refractivity contribution in [2.24, 2.45) is 17.6 Å². The van der Waals surface area contributed by atoms with Gasteiger partial charge >= 0.3 is 6.09 Å². The quantitative estimate of drug-likeness (QED) is 0.333. The van der Waals surface area contributed by atoms with E-state index in [0.717, 1.165) is 6.42 Å². The lowest BCUT2D eigenvalue weighted by atomic mass is 9.84. The third-order valence-corrected chi connectivity index (χ3v) is 7.94. The van der Waals surface area contributed by atoms with Gasteiger partial charge in [0.05, 0.1) is 23.6 Å². The number of likely N-dealkylation sites (tertiary alicyclic amines) is 1. The van der Waals surface area contributed by atoms with Gasteiger partial charge in [-0.2, -0.15) is 0 Å². The molecule has 2 bridgehead atoms. The van der Waals surface area contributed by atoms with Crippen LogP contribution in [0.2, 0.25) is 0 Å². The highest BCUT2D eigenvalue weighted by molar-refractivity contribution is 6.23. The molecule has 3 aliphatic rings. The second-order valence-corrected chi connectivity index (χ2v) is 11.2. The lowest BCUT2D eigenvalue weighted by molar-refractivity contribution is -0.120. The number of hydrogen-bond acceptors (Lipinski definition) is 9. The number of Topliss-reactive ketones (excluding diaryl/α,β-unsaturated/α-hetero) is 1. The summed E-state index contributed by atoms with van der Waals surface area (Å²) in [5.74, 6) is -1.84. The number of nitrogens with zero attached hydrogens (tertiary/aromatic N) is 1. The monoisotopic (exact) mass is 585 g/mol. The largest absolute Gasteiger partial charge is 0.439 e. The summed E-state index contributed by atoms with van der Waals surface area (Å²) < 4.78 is 16.6. The van der Waals surface area contributed by atoms with Gasteiger partial charge < -0.3 is 35.3 Å². The van der Waals surface area contributed by atoms with Gasteiger partial charge in [-0.15, -0.1) is 0 Å². The molecule has 2 aliphatic heterocycles. The van der Waals surface area contributed by atoms with E-state index < -0.39 is 48.1 Å². The number of carbonyl (C=O) groups excluding carboxylic acids is 4. The lowest BCUT2D eigenvalue weighted by Gasteiger charge is -2.37. The standard InChI is InChI=1S/C31H43N3O8/c1-17-13-21-26(34-11-8-12-34)23(35)16-22(28(21)37)33-30(38)18(2)9-7-10-24(40-5)29(42-31(32)39)20(4)15-19(3)27(36)25(14-17)41-6/h7,9-10,15-17,19,24-25,27,29,36H,8,11-14H2,1-6H3,(H2,32,39)(H,33,38)/b10-7-,18-9+,20-15+/t17-,19+,24+,25+,27-,29+/m1/s1. The minimum atomic E-state index is -0.991. The van der Waals surface area contributed by atoms with E-state index in [4.69, 9.17) is 19.9 Å². The number of allylic oxidation sites excluding steroid dienone is 4. The summed E-state index contributed by atoms with van der Waals surface area (Å²) >= 11 is 0. The zero-order chi connectivity index (χ0) is 31.1. The molecule has 0 saturated carbocycles. The maximum Gasteiger partial charge on any atom is 0.405 e. The Kier molecular flexibility index (Phi) is 11.4. The fourth-order valence-corrected chi connectivity index (χ4v) is 5.46. The molecule has 0 aromatic heterocycles. The number of nitrogens with two attached hydrogens (primary N) is 1. The Labute approximate surface area is 247 Å². The molecule has 1 fully saturated rings. The van der Waals surface area contributed by atoms with Crippen molar-refractivity contribution in [2.45, 2.75) is 71.4 Å². The van der Waals surface area contributed by atoms with Crippen molar-refractivity contribution >= 4 is 23.6 Å². The van der Waals surface area contributed by atoms with E-state index in [1.54, 1.807) is 32.1 Å². The van der Waals surface area contributed by atoms with E-state index in [-0.39, 0.29) is 29.4 Å². The molecule has 0 aromatic carbocycles. The van der Waals surface area contributed by atoms with E-state index in [1.165, 1.54) is 26.4 Å².